The van der Waals surface area contributed by atoms with Crippen molar-refractivity contribution in [2.24, 2.45) is 7.05 Å². The molecule has 16 heavy (non-hydrogen) atoms. The van der Waals surface area contributed by atoms with E-state index < -0.39 is 0 Å². The van der Waals surface area contributed by atoms with E-state index in [2.05, 4.69) is 56.7 Å². The van der Waals surface area contributed by atoms with Crippen molar-refractivity contribution in [3.05, 3.63) is 35.5 Å². The summed E-state index contributed by atoms with van der Waals surface area (Å²) in [5, 5.41) is 2.06. The van der Waals surface area contributed by atoms with E-state index in [4.69, 9.17) is 0 Å². The normalized spacial score (nSPS) is 11.6. The summed E-state index contributed by atoms with van der Waals surface area (Å²) in [5.41, 5.74) is 4.16. The van der Waals surface area contributed by atoms with Gasteiger partial charge in [-0.15, -0.1) is 0 Å². The van der Waals surface area contributed by atoms with Gasteiger partial charge in [-0.05, 0) is 23.8 Å². The van der Waals surface area contributed by atoms with Gasteiger partial charge in [0.05, 0.1) is 5.52 Å². The Morgan fingerprint density at radius 3 is 2.69 bits per heavy atom. The zero-order chi connectivity index (χ0) is 11.7. The second kappa shape index (κ2) is 4.54. The molecular weight excluding hydrogens is 214 g/mol. The predicted molar refractivity (Wildman–Crippen MR) is 74.1 cm³/mol. The zero-order valence-electron chi connectivity index (χ0n) is 10.4. The molecule has 2 rings (SSSR count). The molecule has 0 amide bonds. The Balaban J connectivity index is 2.40. The van der Waals surface area contributed by atoms with Crippen LogP contribution in [0.4, 0.5) is 0 Å². The third kappa shape index (κ3) is 2.12. The Bertz CT molecular complexity index is 497. The van der Waals surface area contributed by atoms with Crippen molar-refractivity contribution in [2.75, 3.05) is 0 Å². The summed E-state index contributed by atoms with van der Waals surface area (Å²) in [6, 6.07) is 8.84. The highest BCUT2D eigenvalue weighted by atomic mass is 32.2. The number of thioether (sulfide) groups is 1. The van der Waals surface area contributed by atoms with Crippen LogP contribution in [0.3, 0.4) is 0 Å². The monoisotopic (exact) mass is 233 g/mol. The summed E-state index contributed by atoms with van der Waals surface area (Å²) in [6.45, 7) is 6.68. The second-order valence-corrected chi connectivity index (χ2v) is 6.13. The average molecular weight is 233 g/mol. The molecule has 0 radical (unpaired) electrons. The smallest absolute Gasteiger partial charge is 0.0509 e. The maximum Gasteiger partial charge on any atom is 0.0509 e. The van der Waals surface area contributed by atoms with Crippen LogP contribution in [0.5, 0.6) is 0 Å². The summed E-state index contributed by atoms with van der Waals surface area (Å²) < 4.78 is 2.33. The van der Waals surface area contributed by atoms with Gasteiger partial charge in [0.2, 0.25) is 0 Å². The van der Waals surface area contributed by atoms with E-state index in [9.17, 15) is 0 Å². The molecule has 0 aliphatic heterocycles. The molecule has 86 valence electrons. The molecule has 1 heterocycles. The molecule has 0 spiro atoms. The van der Waals surface area contributed by atoms with Gasteiger partial charge in [0.15, 0.2) is 0 Å². The topological polar surface area (TPSA) is 4.93 Å². The fourth-order valence-electron chi connectivity index (χ4n) is 2.07. The van der Waals surface area contributed by atoms with E-state index in [1.54, 1.807) is 0 Å². The molecule has 2 heteroatoms. The highest BCUT2D eigenvalue weighted by molar-refractivity contribution is 7.99. The van der Waals surface area contributed by atoms with E-state index in [-0.39, 0.29) is 0 Å². The number of aryl methyl sites for hydroxylation is 2. The van der Waals surface area contributed by atoms with Crippen LogP contribution in [0.25, 0.3) is 10.9 Å². The largest absolute Gasteiger partial charge is 0.347 e. The van der Waals surface area contributed by atoms with Gasteiger partial charge in [0.1, 0.15) is 0 Å². The van der Waals surface area contributed by atoms with Crippen molar-refractivity contribution in [3.63, 3.8) is 0 Å². The summed E-state index contributed by atoms with van der Waals surface area (Å²) in [4.78, 5) is 0. The number of hydrogen-bond donors (Lipinski definition) is 0. The molecule has 0 bridgehead atoms. The number of rotatable bonds is 3. The summed E-state index contributed by atoms with van der Waals surface area (Å²) in [6.07, 6.45) is 0. The van der Waals surface area contributed by atoms with Crippen molar-refractivity contribution in [1.82, 2.24) is 4.57 Å². The lowest BCUT2D eigenvalue weighted by Crippen LogP contribution is -1.97. The van der Waals surface area contributed by atoms with Crippen LogP contribution in [-0.4, -0.2) is 9.82 Å². The van der Waals surface area contributed by atoms with E-state index in [1.165, 1.54) is 22.2 Å². The maximum absolute atomic E-state index is 2.33. The van der Waals surface area contributed by atoms with E-state index in [0.29, 0.717) is 5.25 Å². The fourth-order valence-corrected chi connectivity index (χ4v) is 2.85. The van der Waals surface area contributed by atoms with Crippen LogP contribution in [0, 0.1) is 6.92 Å². The van der Waals surface area contributed by atoms with Crippen molar-refractivity contribution < 1.29 is 0 Å². The quantitative estimate of drug-likeness (QED) is 0.771. The summed E-state index contributed by atoms with van der Waals surface area (Å²) in [7, 11) is 2.17. The molecule has 2 aromatic rings. The van der Waals surface area contributed by atoms with Gasteiger partial charge in [-0.25, -0.2) is 0 Å². The molecule has 0 aliphatic carbocycles. The number of hydrogen-bond acceptors (Lipinski definition) is 1. The van der Waals surface area contributed by atoms with Crippen LogP contribution >= 0.6 is 11.8 Å². The Labute approximate surface area is 102 Å². The Morgan fingerprint density at radius 2 is 2.06 bits per heavy atom. The molecule has 0 N–H and O–H groups in total. The fraction of sp³-hybridized carbons (Fsp3) is 0.429. The van der Waals surface area contributed by atoms with E-state index in [1.807, 2.05) is 11.8 Å². The third-order valence-electron chi connectivity index (χ3n) is 2.92. The van der Waals surface area contributed by atoms with Gasteiger partial charge >= 0.3 is 0 Å². The van der Waals surface area contributed by atoms with Gasteiger partial charge < -0.3 is 4.57 Å². The SMILES string of the molecule is Cc1cccc2cc(CSC(C)C)n(C)c12. The third-order valence-corrected chi connectivity index (χ3v) is 4.05. The van der Waals surface area contributed by atoms with Crippen molar-refractivity contribution in [1.29, 1.82) is 0 Å². The lowest BCUT2D eigenvalue weighted by Gasteiger charge is -2.07. The predicted octanol–water partition coefficient (Wildman–Crippen LogP) is 4.13. The first kappa shape index (κ1) is 11.6. The molecular formula is C14H19NS. The number of aromatic nitrogens is 1. The van der Waals surface area contributed by atoms with Gasteiger partial charge in [-0.2, -0.15) is 11.8 Å². The highest BCUT2D eigenvalue weighted by Gasteiger charge is 2.07. The van der Waals surface area contributed by atoms with E-state index >= 15 is 0 Å². The standard InChI is InChI=1S/C14H19NS/c1-10(2)16-9-13-8-12-7-5-6-11(3)14(12)15(13)4/h5-8,10H,9H2,1-4H3. The van der Waals surface area contributed by atoms with Crippen LogP contribution < -0.4 is 0 Å². The lowest BCUT2D eigenvalue weighted by atomic mass is 10.2. The first-order chi connectivity index (χ1) is 7.59. The van der Waals surface area contributed by atoms with Crippen molar-refractivity contribution in [3.8, 4) is 0 Å². The van der Waals surface area contributed by atoms with Crippen molar-refractivity contribution in [2.45, 2.75) is 31.8 Å². The van der Waals surface area contributed by atoms with Gasteiger partial charge in [-0.1, -0.05) is 32.0 Å². The maximum atomic E-state index is 2.33. The molecule has 0 aliphatic rings. The minimum atomic E-state index is 0.694. The molecule has 1 aromatic carbocycles. The highest BCUT2D eigenvalue weighted by Crippen LogP contribution is 2.25. The van der Waals surface area contributed by atoms with Crippen LogP contribution in [0.2, 0.25) is 0 Å². The molecule has 0 saturated carbocycles. The number of benzene rings is 1. The van der Waals surface area contributed by atoms with Crippen molar-refractivity contribution >= 4 is 22.7 Å². The van der Waals surface area contributed by atoms with Crippen LogP contribution in [0.15, 0.2) is 24.3 Å². The van der Waals surface area contributed by atoms with Gasteiger partial charge in [0.25, 0.3) is 0 Å². The molecule has 0 saturated heterocycles. The van der Waals surface area contributed by atoms with E-state index in [0.717, 1.165) is 5.75 Å². The number of para-hydroxylation sites is 1. The first-order valence-corrected chi connectivity index (χ1v) is 6.80. The summed E-state index contributed by atoms with van der Waals surface area (Å²) >= 11 is 2.00. The van der Waals surface area contributed by atoms with Crippen LogP contribution in [-0.2, 0) is 12.8 Å². The second-order valence-electron chi connectivity index (χ2n) is 4.57. The number of fused-ring (bicyclic) bond motifs is 1. The summed E-state index contributed by atoms with van der Waals surface area (Å²) in [5.74, 6) is 1.10. The number of nitrogens with zero attached hydrogens (tertiary/aromatic N) is 1. The van der Waals surface area contributed by atoms with Gasteiger partial charge in [-0.3, -0.25) is 0 Å². The molecule has 1 aromatic heterocycles. The average Bonchev–Trinajstić information content (AvgIpc) is 2.54. The minimum absolute atomic E-state index is 0.694. The first-order valence-electron chi connectivity index (χ1n) is 5.75. The Morgan fingerprint density at radius 1 is 1.31 bits per heavy atom. The lowest BCUT2D eigenvalue weighted by molar-refractivity contribution is 0.904. The molecule has 0 fully saturated rings. The van der Waals surface area contributed by atoms with Crippen LogP contribution in [0.1, 0.15) is 25.1 Å². The zero-order valence-corrected chi connectivity index (χ0v) is 11.3. The Kier molecular flexibility index (Phi) is 3.29. The van der Waals surface area contributed by atoms with Gasteiger partial charge in [0, 0.05) is 23.9 Å². The molecule has 1 nitrogen and oxygen atoms in total. The molecule has 0 unspecified atom stereocenters. The minimum Gasteiger partial charge on any atom is -0.347 e. The Hall–Kier alpha value is -0.890. The molecule has 0 atom stereocenters.